The zero-order valence-electron chi connectivity index (χ0n) is 7.47. The van der Waals surface area contributed by atoms with Gasteiger partial charge in [0.05, 0.1) is 5.76 Å². The molecule has 0 fully saturated rings. The Bertz CT molecular complexity index is 226. The minimum absolute atomic E-state index is 0.584. The van der Waals surface area contributed by atoms with E-state index in [4.69, 9.17) is 10.5 Å². The van der Waals surface area contributed by atoms with Gasteiger partial charge < -0.3 is 10.5 Å². The Morgan fingerprint density at radius 1 is 1.42 bits per heavy atom. The molecule has 0 heterocycles. The maximum Gasteiger partial charge on any atom is 0.101 e. The van der Waals surface area contributed by atoms with Gasteiger partial charge >= 0.3 is 0 Å². The lowest BCUT2D eigenvalue weighted by atomic mass is 10.2. The quantitative estimate of drug-likeness (QED) is 0.501. The molecule has 0 rings (SSSR count). The fourth-order valence-electron chi connectivity index (χ4n) is 0.731. The van der Waals surface area contributed by atoms with E-state index in [-0.39, 0.29) is 0 Å². The van der Waals surface area contributed by atoms with Gasteiger partial charge in [-0.3, -0.25) is 0 Å². The molecule has 0 aliphatic heterocycles. The first-order chi connectivity index (χ1) is 5.56. The molecule has 0 bridgehead atoms. The molecule has 0 spiro atoms. The van der Waals surface area contributed by atoms with Crippen LogP contribution >= 0.6 is 0 Å². The van der Waals surface area contributed by atoms with Crippen molar-refractivity contribution >= 4 is 0 Å². The van der Waals surface area contributed by atoms with E-state index >= 15 is 0 Å². The Labute approximate surface area is 73.7 Å². The van der Waals surface area contributed by atoms with Gasteiger partial charge in [0.2, 0.25) is 0 Å². The van der Waals surface area contributed by atoms with Crippen molar-refractivity contribution in [1.29, 1.82) is 0 Å². The zero-order chi connectivity index (χ0) is 9.56. The van der Waals surface area contributed by atoms with Crippen molar-refractivity contribution in [2.24, 2.45) is 5.73 Å². The minimum Gasteiger partial charge on any atom is -0.467 e. The maximum atomic E-state index is 5.18. The Morgan fingerprint density at radius 2 is 2.00 bits per heavy atom. The van der Waals surface area contributed by atoms with E-state index < -0.39 is 0 Å². The first kappa shape index (κ1) is 10.6. The average molecular weight is 165 g/mol. The zero-order valence-corrected chi connectivity index (χ0v) is 7.47. The molecule has 2 heteroatoms. The van der Waals surface area contributed by atoms with Crippen molar-refractivity contribution in [3.8, 4) is 0 Å². The normalized spacial score (nSPS) is 9.75. The summed E-state index contributed by atoms with van der Waals surface area (Å²) in [7, 11) is 0. The summed E-state index contributed by atoms with van der Waals surface area (Å²) in [6.07, 6.45) is 3.74. The van der Waals surface area contributed by atoms with Crippen LogP contribution in [0, 0.1) is 0 Å². The smallest absolute Gasteiger partial charge is 0.101 e. The fraction of sp³-hybridized carbons (Fsp3) is 0.200. The molecule has 0 amide bonds. The molecule has 0 unspecified atom stereocenters. The van der Waals surface area contributed by atoms with Crippen LogP contribution < -0.4 is 5.73 Å². The van der Waals surface area contributed by atoms with Crippen molar-refractivity contribution in [1.82, 2.24) is 0 Å². The fourth-order valence-corrected chi connectivity index (χ4v) is 0.731. The summed E-state index contributed by atoms with van der Waals surface area (Å²) in [5.41, 5.74) is 6.04. The van der Waals surface area contributed by atoms with E-state index in [0.717, 1.165) is 5.57 Å². The molecule has 0 aromatic heterocycles. The largest absolute Gasteiger partial charge is 0.467 e. The number of hydrogen-bond acceptors (Lipinski definition) is 2. The number of rotatable bonds is 5. The van der Waals surface area contributed by atoms with E-state index in [1.165, 1.54) is 6.20 Å². The van der Waals surface area contributed by atoms with Gasteiger partial charge in [-0.1, -0.05) is 19.7 Å². The summed E-state index contributed by atoms with van der Waals surface area (Å²) >= 11 is 0. The molecular weight excluding hydrogens is 150 g/mol. The standard InChI is InChI=1S/C10H15NO/c1-8(2)12-10(4)7-9(3)5-6-11/h5-6H,1,3-4,7,11H2,2H3/b6-5-. The van der Waals surface area contributed by atoms with Crippen LogP contribution in [0.2, 0.25) is 0 Å². The van der Waals surface area contributed by atoms with Crippen LogP contribution in [0.4, 0.5) is 0 Å². The lowest BCUT2D eigenvalue weighted by molar-refractivity contribution is 0.303. The van der Waals surface area contributed by atoms with Crippen molar-refractivity contribution in [2.45, 2.75) is 13.3 Å². The second-order valence-electron chi connectivity index (χ2n) is 2.54. The molecule has 0 aromatic carbocycles. The van der Waals surface area contributed by atoms with E-state index in [2.05, 4.69) is 19.7 Å². The molecule has 0 aliphatic rings. The van der Waals surface area contributed by atoms with Gasteiger partial charge in [0.15, 0.2) is 0 Å². The van der Waals surface area contributed by atoms with Crippen LogP contribution in [-0.4, -0.2) is 0 Å². The van der Waals surface area contributed by atoms with Crippen molar-refractivity contribution < 1.29 is 4.74 Å². The van der Waals surface area contributed by atoms with Crippen molar-refractivity contribution in [3.05, 3.63) is 49.1 Å². The monoisotopic (exact) mass is 165 g/mol. The molecule has 0 aliphatic carbocycles. The maximum absolute atomic E-state index is 5.18. The van der Waals surface area contributed by atoms with Gasteiger partial charge in [0.25, 0.3) is 0 Å². The summed E-state index contributed by atoms with van der Waals surface area (Å²) in [5.74, 6) is 1.26. The molecule has 12 heavy (non-hydrogen) atoms. The molecule has 0 atom stereocenters. The highest BCUT2D eigenvalue weighted by atomic mass is 16.5. The molecule has 0 saturated heterocycles. The van der Waals surface area contributed by atoms with Gasteiger partial charge in [-0.2, -0.15) is 0 Å². The lowest BCUT2D eigenvalue weighted by Gasteiger charge is -2.07. The predicted molar refractivity (Wildman–Crippen MR) is 52.1 cm³/mol. The Kier molecular flexibility index (Phi) is 4.61. The summed E-state index contributed by atoms with van der Waals surface area (Å²) in [6, 6.07) is 0. The third kappa shape index (κ3) is 5.35. The molecule has 2 N–H and O–H groups in total. The summed E-state index contributed by atoms with van der Waals surface area (Å²) in [5, 5.41) is 0. The third-order valence-electron chi connectivity index (χ3n) is 1.07. The highest BCUT2D eigenvalue weighted by Gasteiger charge is 1.96. The summed E-state index contributed by atoms with van der Waals surface area (Å²) in [6.45, 7) is 12.8. The molecular formula is C10H15NO. The average Bonchev–Trinajstić information content (AvgIpc) is 1.84. The van der Waals surface area contributed by atoms with Crippen LogP contribution in [0.1, 0.15) is 13.3 Å². The SMILES string of the molecule is C=C(/C=C\N)CC(=C)OC(=C)C. The van der Waals surface area contributed by atoms with Crippen molar-refractivity contribution in [3.63, 3.8) is 0 Å². The predicted octanol–water partition coefficient (Wildman–Crippen LogP) is 2.47. The van der Waals surface area contributed by atoms with Crippen LogP contribution in [0.5, 0.6) is 0 Å². The molecule has 0 aromatic rings. The topological polar surface area (TPSA) is 35.2 Å². The first-order valence-corrected chi connectivity index (χ1v) is 3.63. The van der Waals surface area contributed by atoms with Gasteiger partial charge in [0.1, 0.15) is 5.76 Å². The van der Waals surface area contributed by atoms with Crippen LogP contribution in [0.3, 0.4) is 0 Å². The molecule has 2 nitrogen and oxygen atoms in total. The number of allylic oxidation sites excluding steroid dienone is 3. The van der Waals surface area contributed by atoms with Crippen LogP contribution in [0.25, 0.3) is 0 Å². The Hall–Kier alpha value is -1.44. The lowest BCUT2D eigenvalue weighted by Crippen LogP contribution is -1.89. The van der Waals surface area contributed by atoms with E-state index in [1.54, 1.807) is 13.0 Å². The second kappa shape index (κ2) is 5.24. The Morgan fingerprint density at radius 3 is 2.42 bits per heavy atom. The van der Waals surface area contributed by atoms with Gasteiger partial charge in [-0.15, -0.1) is 0 Å². The molecule has 0 saturated carbocycles. The molecule has 66 valence electrons. The highest BCUT2D eigenvalue weighted by Crippen LogP contribution is 2.12. The summed E-state index contributed by atoms with van der Waals surface area (Å²) in [4.78, 5) is 0. The van der Waals surface area contributed by atoms with E-state index in [0.29, 0.717) is 17.9 Å². The number of ether oxygens (including phenoxy) is 1. The summed E-state index contributed by atoms with van der Waals surface area (Å²) < 4.78 is 5.14. The van der Waals surface area contributed by atoms with Gasteiger partial charge in [-0.25, -0.2) is 0 Å². The second-order valence-corrected chi connectivity index (χ2v) is 2.54. The highest BCUT2D eigenvalue weighted by molar-refractivity contribution is 5.18. The number of hydrogen-bond donors (Lipinski definition) is 1. The van der Waals surface area contributed by atoms with E-state index in [1.807, 2.05) is 0 Å². The first-order valence-electron chi connectivity index (χ1n) is 3.63. The van der Waals surface area contributed by atoms with Gasteiger partial charge in [0, 0.05) is 6.42 Å². The minimum atomic E-state index is 0.584. The van der Waals surface area contributed by atoms with Gasteiger partial charge in [-0.05, 0) is 24.8 Å². The third-order valence-corrected chi connectivity index (χ3v) is 1.07. The van der Waals surface area contributed by atoms with Crippen molar-refractivity contribution in [2.75, 3.05) is 0 Å². The van der Waals surface area contributed by atoms with Crippen LogP contribution in [-0.2, 0) is 4.74 Å². The Balaban J connectivity index is 3.85. The van der Waals surface area contributed by atoms with Crippen LogP contribution in [0.15, 0.2) is 49.1 Å². The van der Waals surface area contributed by atoms with E-state index in [9.17, 15) is 0 Å². The number of nitrogens with two attached hydrogens (primary N) is 1. The molecule has 0 radical (unpaired) electrons.